The number of para-hydroxylation sites is 1. The van der Waals surface area contributed by atoms with E-state index in [1.165, 1.54) is 0 Å². The standard InChI is InChI=1S/C19H29N5S/c1-6-20-19(21-12-16(4)25-5)22-13-17-9-7-8-10-18(17)24-15(3)11-14(2)23-24/h7-11,16H,6,12-13H2,1-5H3,(H2,20,21,22). The Balaban J connectivity index is 2.19. The number of nitrogens with one attached hydrogen (secondary N) is 2. The van der Waals surface area contributed by atoms with Crippen LogP contribution in [-0.4, -0.2) is 40.3 Å². The van der Waals surface area contributed by atoms with Gasteiger partial charge in [-0.3, -0.25) is 0 Å². The second-order valence-corrected chi connectivity index (χ2v) is 7.37. The molecule has 25 heavy (non-hydrogen) atoms. The summed E-state index contributed by atoms with van der Waals surface area (Å²) in [4.78, 5) is 4.76. The van der Waals surface area contributed by atoms with Crippen molar-refractivity contribution in [3.63, 3.8) is 0 Å². The number of thioether (sulfide) groups is 1. The third-order valence-electron chi connectivity index (χ3n) is 3.94. The van der Waals surface area contributed by atoms with Crippen LogP contribution >= 0.6 is 11.8 Å². The first-order valence-corrected chi connectivity index (χ1v) is 10.0. The van der Waals surface area contributed by atoms with Crippen molar-refractivity contribution in [2.24, 2.45) is 4.99 Å². The lowest BCUT2D eigenvalue weighted by Crippen LogP contribution is -2.40. The third kappa shape index (κ3) is 5.53. The number of nitrogens with zero attached hydrogens (tertiary/aromatic N) is 3. The molecule has 0 radical (unpaired) electrons. The summed E-state index contributed by atoms with van der Waals surface area (Å²) in [5, 5.41) is 11.9. The zero-order chi connectivity index (χ0) is 18.2. The molecule has 0 aliphatic heterocycles. The average Bonchev–Trinajstić information content (AvgIpc) is 2.95. The normalized spacial score (nSPS) is 12.9. The highest BCUT2D eigenvalue weighted by Crippen LogP contribution is 2.17. The van der Waals surface area contributed by atoms with Gasteiger partial charge in [0.25, 0.3) is 0 Å². The lowest BCUT2D eigenvalue weighted by molar-refractivity contribution is 0.789. The Hall–Kier alpha value is -1.95. The smallest absolute Gasteiger partial charge is 0.191 e. The van der Waals surface area contributed by atoms with Crippen molar-refractivity contribution in [3.8, 4) is 5.69 Å². The minimum atomic E-state index is 0.547. The predicted molar refractivity (Wildman–Crippen MR) is 109 cm³/mol. The molecule has 0 amide bonds. The second-order valence-electron chi connectivity index (χ2n) is 6.09. The molecule has 1 aromatic carbocycles. The number of aryl methyl sites for hydroxylation is 2. The molecule has 6 heteroatoms. The molecule has 2 rings (SSSR count). The first-order chi connectivity index (χ1) is 12.0. The zero-order valence-corrected chi connectivity index (χ0v) is 16.7. The molecule has 5 nitrogen and oxygen atoms in total. The summed E-state index contributed by atoms with van der Waals surface area (Å²) in [6.45, 7) is 10.7. The Morgan fingerprint density at radius 3 is 2.68 bits per heavy atom. The van der Waals surface area contributed by atoms with Crippen molar-refractivity contribution >= 4 is 17.7 Å². The molecule has 0 saturated carbocycles. The molecule has 0 fully saturated rings. The highest BCUT2D eigenvalue weighted by atomic mass is 32.2. The zero-order valence-electron chi connectivity index (χ0n) is 15.8. The van der Waals surface area contributed by atoms with Gasteiger partial charge in [-0.25, -0.2) is 9.67 Å². The fourth-order valence-electron chi connectivity index (χ4n) is 2.55. The summed E-state index contributed by atoms with van der Waals surface area (Å²) in [7, 11) is 0. The average molecular weight is 360 g/mol. The van der Waals surface area contributed by atoms with E-state index in [1.807, 2.05) is 29.4 Å². The molecule has 0 aliphatic carbocycles. The van der Waals surface area contributed by atoms with Gasteiger partial charge in [-0.1, -0.05) is 25.1 Å². The molecule has 0 aliphatic rings. The lowest BCUT2D eigenvalue weighted by atomic mass is 10.2. The molecular formula is C19H29N5S. The fraction of sp³-hybridized carbons (Fsp3) is 0.474. The van der Waals surface area contributed by atoms with Gasteiger partial charge in [-0.05, 0) is 44.7 Å². The van der Waals surface area contributed by atoms with E-state index in [1.54, 1.807) is 0 Å². The molecule has 0 spiro atoms. The molecular weight excluding hydrogens is 330 g/mol. The molecule has 0 bridgehead atoms. The van der Waals surface area contributed by atoms with Gasteiger partial charge >= 0.3 is 0 Å². The van der Waals surface area contributed by atoms with E-state index in [0.29, 0.717) is 11.8 Å². The van der Waals surface area contributed by atoms with Crippen LogP contribution in [0.5, 0.6) is 0 Å². The van der Waals surface area contributed by atoms with E-state index in [-0.39, 0.29) is 0 Å². The van der Waals surface area contributed by atoms with Crippen LogP contribution < -0.4 is 10.6 Å². The quantitative estimate of drug-likeness (QED) is 0.588. The van der Waals surface area contributed by atoms with Crippen molar-refractivity contribution < 1.29 is 0 Å². The van der Waals surface area contributed by atoms with Gasteiger partial charge in [-0.2, -0.15) is 16.9 Å². The Morgan fingerprint density at radius 1 is 1.28 bits per heavy atom. The molecule has 2 aromatic rings. The Bertz CT molecular complexity index is 708. The van der Waals surface area contributed by atoms with Crippen LogP contribution in [0.25, 0.3) is 5.69 Å². The molecule has 1 atom stereocenters. The number of benzene rings is 1. The predicted octanol–water partition coefficient (Wildman–Crippen LogP) is 3.30. The van der Waals surface area contributed by atoms with Crippen LogP contribution in [0.15, 0.2) is 35.3 Å². The first kappa shape index (κ1) is 19.4. The number of rotatable bonds is 7. The molecule has 1 heterocycles. The van der Waals surface area contributed by atoms with Gasteiger partial charge in [0.05, 0.1) is 17.9 Å². The summed E-state index contributed by atoms with van der Waals surface area (Å²) in [5.74, 6) is 0.853. The van der Waals surface area contributed by atoms with E-state index in [4.69, 9.17) is 4.99 Å². The Morgan fingerprint density at radius 2 is 2.04 bits per heavy atom. The van der Waals surface area contributed by atoms with E-state index in [2.05, 4.69) is 67.0 Å². The van der Waals surface area contributed by atoms with E-state index in [9.17, 15) is 0 Å². The van der Waals surface area contributed by atoms with Gasteiger partial charge in [0, 0.05) is 24.0 Å². The summed E-state index contributed by atoms with van der Waals surface area (Å²) < 4.78 is 2.00. The second kappa shape index (κ2) is 9.51. The van der Waals surface area contributed by atoms with Crippen LogP contribution in [0.4, 0.5) is 0 Å². The largest absolute Gasteiger partial charge is 0.357 e. The number of hydrogen-bond donors (Lipinski definition) is 2. The SMILES string of the molecule is CCNC(=NCc1ccccc1-n1nc(C)cc1C)NCC(C)SC. The minimum absolute atomic E-state index is 0.547. The molecule has 1 aromatic heterocycles. The van der Waals surface area contributed by atoms with Crippen LogP contribution in [0, 0.1) is 13.8 Å². The maximum Gasteiger partial charge on any atom is 0.191 e. The Kier molecular flexibility index (Phi) is 7.37. The van der Waals surface area contributed by atoms with Crippen LogP contribution in [0.2, 0.25) is 0 Å². The first-order valence-electron chi connectivity index (χ1n) is 8.71. The van der Waals surface area contributed by atoms with Crippen molar-refractivity contribution in [2.45, 2.75) is 39.5 Å². The van der Waals surface area contributed by atoms with E-state index < -0.39 is 0 Å². The highest BCUT2D eigenvalue weighted by molar-refractivity contribution is 7.99. The lowest BCUT2D eigenvalue weighted by Gasteiger charge is -2.15. The maximum absolute atomic E-state index is 4.76. The Labute approximate surface area is 155 Å². The van der Waals surface area contributed by atoms with Crippen molar-refractivity contribution in [1.29, 1.82) is 0 Å². The van der Waals surface area contributed by atoms with E-state index in [0.717, 1.165) is 41.7 Å². The minimum Gasteiger partial charge on any atom is -0.357 e. The van der Waals surface area contributed by atoms with Crippen LogP contribution in [0.3, 0.4) is 0 Å². The van der Waals surface area contributed by atoms with Crippen LogP contribution in [-0.2, 0) is 6.54 Å². The van der Waals surface area contributed by atoms with Gasteiger partial charge < -0.3 is 10.6 Å². The van der Waals surface area contributed by atoms with Gasteiger partial charge in [-0.15, -0.1) is 0 Å². The van der Waals surface area contributed by atoms with Crippen molar-refractivity contribution in [3.05, 3.63) is 47.3 Å². The summed E-state index contributed by atoms with van der Waals surface area (Å²) in [5.41, 5.74) is 4.40. The maximum atomic E-state index is 4.76. The molecule has 0 saturated heterocycles. The summed E-state index contributed by atoms with van der Waals surface area (Å²) in [6, 6.07) is 10.4. The number of hydrogen-bond acceptors (Lipinski definition) is 3. The van der Waals surface area contributed by atoms with Gasteiger partial charge in [0.15, 0.2) is 5.96 Å². The fourth-order valence-corrected chi connectivity index (χ4v) is 2.80. The van der Waals surface area contributed by atoms with Gasteiger partial charge in [0.1, 0.15) is 0 Å². The number of aromatic nitrogens is 2. The van der Waals surface area contributed by atoms with Gasteiger partial charge in [0.2, 0.25) is 0 Å². The molecule has 2 N–H and O–H groups in total. The summed E-state index contributed by atoms with van der Waals surface area (Å²) in [6.07, 6.45) is 2.13. The van der Waals surface area contributed by atoms with Crippen molar-refractivity contribution in [2.75, 3.05) is 19.3 Å². The topological polar surface area (TPSA) is 54.2 Å². The van der Waals surface area contributed by atoms with Crippen LogP contribution in [0.1, 0.15) is 30.8 Å². The molecule has 1 unspecified atom stereocenters. The number of aliphatic imine (C=N–C) groups is 1. The summed E-state index contributed by atoms with van der Waals surface area (Å²) >= 11 is 1.85. The third-order valence-corrected chi connectivity index (χ3v) is 4.91. The van der Waals surface area contributed by atoms with Crippen molar-refractivity contribution in [1.82, 2.24) is 20.4 Å². The monoisotopic (exact) mass is 359 g/mol. The number of guanidine groups is 1. The van der Waals surface area contributed by atoms with E-state index >= 15 is 0 Å². The molecule has 136 valence electrons. The highest BCUT2D eigenvalue weighted by Gasteiger charge is 2.09.